The molecule has 1 aromatic carbocycles. The number of ether oxygens (including phenoxy) is 1. The fourth-order valence-electron chi connectivity index (χ4n) is 1.56. The molecule has 2 rings (SSSR count). The Balaban J connectivity index is 2.34. The quantitative estimate of drug-likeness (QED) is 0.831. The van der Waals surface area contributed by atoms with Crippen LogP contribution in [-0.2, 0) is 0 Å². The average Bonchev–Trinajstić information content (AvgIpc) is 2.80. The predicted octanol–water partition coefficient (Wildman–Crippen LogP) is 3.39. The number of aromatic nitrogens is 1. The van der Waals surface area contributed by atoms with E-state index >= 15 is 0 Å². The lowest BCUT2D eigenvalue weighted by Crippen LogP contribution is -1.93. The van der Waals surface area contributed by atoms with Gasteiger partial charge in [-0.1, -0.05) is 0 Å². The van der Waals surface area contributed by atoms with Gasteiger partial charge in [0.15, 0.2) is 5.69 Å². The maximum atomic E-state index is 8.74. The van der Waals surface area contributed by atoms with Crippen molar-refractivity contribution in [1.29, 1.82) is 5.26 Å². The van der Waals surface area contributed by atoms with Crippen LogP contribution in [0.25, 0.3) is 10.6 Å². The summed E-state index contributed by atoms with van der Waals surface area (Å²) in [6, 6.07) is 7.99. The van der Waals surface area contributed by atoms with Gasteiger partial charge in [-0.2, -0.15) is 5.26 Å². The van der Waals surface area contributed by atoms with Crippen LogP contribution >= 0.6 is 11.3 Å². The van der Waals surface area contributed by atoms with Gasteiger partial charge in [-0.25, -0.2) is 4.98 Å². The number of nitriles is 1. The first kappa shape index (κ1) is 11.6. The van der Waals surface area contributed by atoms with E-state index in [-0.39, 0.29) is 0 Å². The zero-order valence-electron chi connectivity index (χ0n) is 9.73. The Kier molecular flexibility index (Phi) is 3.40. The summed E-state index contributed by atoms with van der Waals surface area (Å²) >= 11 is 1.48. The van der Waals surface area contributed by atoms with Crippen LogP contribution in [0.1, 0.15) is 18.2 Å². The van der Waals surface area contributed by atoms with Gasteiger partial charge in [0, 0.05) is 10.9 Å². The van der Waals surface area contributed by atoms with Gasteiger partial charge < -0.3 is 4.74 Å². The van der Waals surface area contributed by atoms with Gasteiger partial charge in [-0.15, -0.1) is 11.3 Å². The van der Waals surface area contributed by atoms with Gasteiger partial charge >= 0.3 is 0 Å². The standard InChI is InChI=1S/C13H12N2OS/c1-3-16-12-5-4-10(6-9(12)2)13-15-11(7-14)8-17-13/h4-6,8H,3H2,1-2H3. The Labute approximate surface area is 104 Å². The first-order valence-electron chi connectivity index (χ1n) is 5.34. The van der Waals surface area contributed by atoms with Crippen LogP contribution in [0.15, 0.2) is 23.6 Å². The van der Waals surface area contributed by atoms with Gasteiger partial charge in [0.1, 0.15) is 16.8 Å². The molecular formula is C13H12N2OS. The lowest BCUT2D eigenvalue weighted by Gasteiger charge is -2.07. The number of rotatable bonds is 3. The van der Waals surface area contributed by atoms with Gasteiger partial charge in [-0.3, -0.25) is 0 Å². The van der Waals surface area contributed by atoms with Crippen molar-refractivity contribution in [2.24, 2.45) is 0 Å². The number of benzene rings is 1. The molecule has 2 aromatic rings. The van der Waals surface area contributed by atoms with Crippen LogP contribution < -0.4 is 4.74 Å². The highest BCUT2D eigenvalue weighted by Crippen LogP contribution is 2.28. The molecule has 0 unspecified atom stereocenters. The Morgan fingerprint density at radius 3 is 2.88 bits per heavy atom. The van der Waals surface area contributed by atoms with Gasteiger partial charge in [0.2, 0.25) is 0 Å². The number of thiazole rings is 1. The van der Waals surface area contributed by atoms with Crippen LogP contribution in [0.5, 0.6) is 5.75 Å². The third-order valence-electron chi connectivity index (χ3n) is 2.34. The molecule has 0 aliphatic carbocycles. The Morgan fingerprint density at radius 1 is 1.47 bits per heavy atom. The monoisotopic (exact) mass is 244 g/mol. The van der Waals surface area contributed by atoms with Crippen LogP contribution in [0.4, 0.5) is 0 Å². The van der Waals surface area contributed by atoms with Crippen molar-refractivity contribution in [2.45, 2.75) is 13.8 Å². The molecule has 1 aromatic heterocycles. The van der Waals surface area contributed by atoms with E-state index in [2.05, 4.69) is 4.98 Å². The molecule has 0 saturated carbocycles. The zero-order chi connectivity index (χ0) is 12.3. The molecular weight excluding hydrogens is 232 g/mol. The van der Waals surface area contributed by atoms with E-state index in [0.29, 0.717) is 12.3 Å². The van der Waals surface area contributed by atoms with Crippen molar-refractivity contribution in [3.05, 3.63) is 34.8 Å². The molecule has 0 N–H and O–H groups in total. The normalized spacial score (nSPS) is 9.94. The second-order valence-electron chi connectivity index (χ2n) is 3.56. The SMILES string of the molecule is CCOc1ccc(-c2nc(C#N)cs2)cc1C. The van der Waals surface area contributed by atoms with E-state index in [4.69, 9.17) is 10.00 Å². The molecule has 0 atom stereocenters. The summed E-state index contributed by atoms with van der Waals surface area (Å²) < 4.78 is 5.48. The number of hydrogen-bond acceptors (Lipinski definition) is 4. The zero-order valence-corrected chi connectivity index (χ0v) is 10.5. The fourth-order valence-corrected chi connectivity index (χ4v) is 2.30. The Morgan fingerprint density at radius 2 is 2.29 bits per heavy atom. The molecule has 0 aliphatic rings. The lowest BCUT2D eigenvalue weighted by molar-refractivity contribution is 0.338. The van der Waals surface area contributed by atoms with E-state index < -0.39 is 0 Å². The Bertz CT molecular complexity index is 569. The topological polar surface area (TPSA) is 45.9 Å². The van der Waals surface area contributed by atoms with Crippen molar-refractivity contribution in [3.8, 4) is 22.4 Å². The summed E-state index contributed by atoms with van der Waals surface area (Å²) in [5.74, 6) is 0.897. The van der Waals surface area contributed by atoms with Crippen molar-refractivity contribution in [3.63, 3.8) is 0 Å². The van der Waals surface area contributed by atoms with Crippen LogP contribution in [0, 0.1) is 18.3 Å². The predicted molar refractivity (Wildman–Crippen MR) is 68.2 cm³/mol. The smallest absolute Gasteiger partial charge is 0.152 e. The summed E-state index contributed by atoms with van der Waals surface area (Å²) in [7, 11) is 0. The molecule has 86 valence electrons. The van der Waals surface area contributed by atoms with Crippen LogP contribution in [0.2, 0.25) is 0 Å². The molecule has 0 saturated heterocycles. The van der Waals surface area contributed by atoms with Gasteiger partial charge in [0.05, 0.1) is 6.61 Å². The maximum Gasteiger partial charge on any atom is 0.152 e. The highest BCUT2D eigenvalue weighted by Gasteiger charge is 2.06. The van der Waals surface area contributed by atoms with E-state index in [1.807, 2.05) is 38.1 Å². The Hall–Kier alpha value is -1.86. The molecule has 0 spiro atoms. The number of nitrogens with zero attached hydrogens (tertiary/aromatic N) is 2. The molecule has 1 heterocycles. The van der Waals surface area contributed by atoms with Crippen molar-refractivity contribution in [1.82, 2.24) is 4.98 Å². The molecule has 17 heavy (non-hydrogen) atoms. The first-order chi connectivity index (χ1) is 8.24. The van der Waals surface area contributed by atoms with Gasteiger partial charge in [-0.05, 0) is 37.6 Å². The van der Waals surface area contributed by atoms with Crippen molar-refractivity contribution in [2.75, 3.05) is 6.61 Å². The minimum Gasteiger partial charge on any atom is -0.494 e. The van der Waals surface area contributed by atoms with Crippen molar-refractivity contribution < 1.29 is 4.74 Å². The highest BCUT2D eigenvalue weighted by molar-refractivity contribution is 7.13. The second kappa shape index (κ2) is 4.98. The largest absolute Gasteiger partial charge is 0.494 e. The van der Waals surface area contributed by atoms with Gasteiger partial charge in [0.25, 0.3) is 0 Å². The molecule has 3 nitrogen and oxygen atoms in total. The summed E-state index contributed by atoms with van der Waals surface area (Å²) in [5, 5.41) is 11.4. The van der Waals surface area contributed by atoms with E-state index in [0.717, 1.165) is 21.9 Å². The highest BCUT2D eigenvalue weighted by atomic mass is 32.1. The third kappa shape index (κ3) is 2.45. The first-order valence-corrected chi connectivity index (χ1v) is 6.22. The molecule has 0 aliphatic heterocycles. The summed E-state index contributed by atoms with van der Waals surface area (Å²) in [5.41, 5.74) is 2.58. The van der Waals surface area contributed by atoms with Crippen LogP contribution in [-0.4, -0.2) is 11.6 Å². The average molecular weight is 244 g/mol. The van der Waals surface area contributed by atoms with Crippen LogP contribution in [0.3, 0.4) is 0 Å². The summed E-state index contributed by atoms with van der Waals surface area (Å²) in [6.07, 6.45) is 0. The van der Waals surface area contributed by atoms with E-state index in [1.165, 1.54) is 11.3 Å². The van der Waals surface area contributed by atoms with E-state index in [9.17, 15) is 0 Å². The minimum atomic E-state index is 0.469. The molecule has 0 radical (unpaired) electrons. The molecule has 0 bridgehead atoms. The maximum absolute atomic E-state index is 8.74. The summed E-state index contributed by atoms with van der Waals surface area (Å²) in [6.45, 7) is 4.64. The molecule has 4 heteroatoms. The third-order valence-corrected chi connectivity index (χ3v) is 3.23. The second-order valence-corrected chi connectivity index (χ2v) is 4.42. The summed E-state index contributed by atoms with van der Waals surface area (Å²) in [4.78, 5) is 4.23. The minimum absolute atomic E-state index is 0.469. The number of aryl methyl sites for hydroxylation is 1. The number of hydrogen-bond donors (Lipinski definition) is 0. The lowest BCUT2D eigenvalue weighted by atomic mass is 10.1. The van der Waals surface area contributed by atoms with Crippen molar-refractivity contribution >= 4 is 11.3 Å². The molecule has 0 fully saturated rings. The van der Waals surface area contributed by atoms with E-state index in [1.54, 1.807) is 5.38 Å². The molecule has 0 amide bonds. The fraction of sp³-hybridized carbons (Fsp3) is 0.231.